The molecule has 1 N–H and O–H groups in total. The van der Waals surface area contributed by atoms with Gasteiger partial charge in [-0.2, -0.15) is 0 Å². The highest BCUT2D eigenvalue weighted by molar-refractivity contribution is 6.53. The third-order valence-electron chi connectivity index (χ3n) is 3.46. The molecule has 1 atom stereocenters. The van der Waals surface area contributed by atoms with E-state index in [1.807, 2.05) is 18.2 Å². The number of hydrogen-bond donors (Lipinski definition) is 1. The Morgan fingerprint density at radius 3 is 2.65 bits per heavy atom. The smallest absolute Gasteiger partial charge is 0.229 e. The van der Waals surface area contributed by atoms with Gasteiger partial charge in [0.15, 0.2) is 0 Å². The minimum absolute atomic E-state index is 0.142. The van der Waals surface area contributed by atoms with Crippen molar-refractivity contribution in [1.29, 1.82) is 0 Å². The average molecular weight is 318 g/mol. The summed E-state index contributed by atoms with van der Waals surface area (Å²) in [6, 6.07) is 7.29. The molecular weight excluding hydrogens is 301 g/mol. The van der Waals surface area contributed by atoms with Gasteiger partial charge < -0.3 is 14.8 Å². The molecule has 0 heterocycles. The molecule has 1 fully saturated rings. The predicted octanol–water partition coefficient (Wildman–Crippen LogP) is 2.77. The lowest BCUT2D eigenvalue weighted by Crippen LogP contribution is -2.35. The van der Waals surface area contributed by atoms with Gasteiger partial charge in [0.2, 0.25) is 5.91 Å². The summed E-state index contributed by atoms with van der Waals surface area (Å²) in [5.74, 6) is 1.28. The van der Waals surface area contributed by atoms with Crippen LogP contribution in [0.4, 0.5) is 0 Å². The zero-order valence-corrected chi connectivity index (χ0v) is 12.9. The third-order valence-corrected chi connectivity index (χ3v) is 4.56. The lowest BCUT2D eigenvalue weighted by molar-refractivity contribution is -0.125. The summed E-state index contributed by atoms with van der Waals surface area (Å²) in [6.07, 6.45) is 0.478. The third kappa shape index (κ3) is 3.13. The molecule has 2 rings (SSSR count). The summed E-state index contributed by atoms with van der Waals surface area (Å²) in [5, 5.41) is 2.78. The molecule has 20 heavy (non-hydrogen) atoms. The fourth-order valence-electron chi connectivity index (χ4n) is 1.87. The molecule has 1 amide bonds. The molecule has 0 bridgehead atoms. The Kier molecular flexibility index (Phi) is 4.35. The first-order valence-corrected chi connectivity index (χ1v) is 7.08. The molecule has 1 aliphatic rings. The maximum atomic E-state index is 11.9. The Bertz CT molecular complexity index is 507. The van der Waals surface area contributed by atoms with Crippen molar-refractivity contribution in [3.8, 4) is 11.5 Å². The Hall–Kier alpha value is -1.13. The molecule has 1 aromatic carbocycles. The zero-order chi connectivity index (χ0) is 14.8. The number of halogens is 2. The number of nitrogens with one attached hydrogen (secondary N) is 1. The molecule has 1 aromatic rings. The summed E-state index contributed by atoms with van der Waals surface area (Å²) in [6.45, 7) is 2.52. The van der Waals surface area contributed by atoms with E-state index in [1.165, 1.54) is 0 Å². The first-order valence-electron chi connectivity index (χ1n) is 6.32. The average Bonchev–Trinajstić information content (AvgIpc) is 2.95. The van der Waals surface area contributed by atoms with Gasteiger partial charge in [0.05, 0.1) is 19.1 Å². The van der Waals surface area contributed by atoms with Crippen LogP contribution >= 0.6 is 23.2 Å². The van der Waals surface area contributed by atoms with Crippen molar-refractivity contribution in [3.05, 3.63) is 24.3 Å². The van der Waals surface area contributed by atoms with Crippen molar-refractivity contribution in [1.82, 2.24) is 5.32 Å². The molecule has 1 unspecified atom stereocenters. The van der Waals surface area contributed by atoms with E-state index in [1.54, 1.807) is 20.1 Å². The van der Waals surface area contributed by atoms with E-state index in [9.17, 15) is 4.79 Å². The topological polar surface area (TPSA) is 47.6 Å². The minimum Gasteiger partial charge on any atom is -0.497 e. The summed E-state index contributed by atoms with van der Waals surface area (Å²) >= 11 is 11.9. The van der Waals surface area contributed by atoms with Crippen molar-refractivity contribution >= 4 is 29.1 Å². The van der Waals surface area contributed by atoms with Crippen LogP contribution in [0.15, 0.2) is 24.3 Å². The number of ether oxygens (including phenoxy) is 2. The van der Waals surface area contributed by atoms with Crippen LogP contribution < -0.4 is 14.8 Å². The molecule has 4 nitrogen and oxygen atoms in total. The monoisotopic (exact) mass is 317 g/mol. The van der Waals surface area contributed by atoms with E-state index in [0.717, 1.165) is 5.75 Å². The maximum Gasteiger partial charge on any atom is 0.229 e. The summed E-state index contributed by atoms with van der Waals surface area (Å²) in [7, 11) is 1.60. The predicted molar refractivity (Wildman–Crippen MR) is 78.7 cm³/mol. The van der Waals surface area contributed by atoms with E-state index < -0.39 is 9.75 Å². The molecule has 0 aromatic heterocycles. The normalized spacial score (nSPS) is 23.0. The Morgan fingerprint density at radius 1 is 1.40 bits per heavy atom. The van der Waals surface area contributed by atoms with Crippen LogP contribution in [-0.2, 0) is 4.79 Å². The number of carbonyl (C=O) groups is 1. The van der Waals surface area contributed by atoms with Gasteiger partial charge in [0.25, 0.3) is 0 Å². The van der Waals surface area contributed by atoms with Crippen LogP contribution in [0.2, 0.25) is 0 Å². The van der Waals surface area contributed by atoms with Gasteiger partial charge in [-0.15, -0.1) is 23.2 Å². The van der Waals surface area contributed by atoms with E-state index in [-0.39, 0.29) is 5.91 Å². The van der Waals surface area contributed by atoms with Crippen molar-refractivity contribution < 1.29 is 14.3 Å². The van der Waals surface area contributed by atoms with Gasteiger partial charge in [-0.05, 0) is 25.5 Å². The summed E-state index contributed by atoms with van der Waals surface area (Å²) < 4.78 is 9.68. The minimum atomic E-state index is -0.940. The number of benzene rings is 1. The number of carbonyl (C=O) groups excluding carboxylic acids is 1. The number of amides is 1. The second-order valence-corrected chi connectivity index (χ2v) is 6.48. The number of methoxy groups -OCH3 is 1. The van der Waals surface area contributed by atoms with E-state index in [4.69, 9.17) is 32.7 Å². The standard InChI is InChI=1S/C14H17Cl2NO3/c1-13(9-14(13,15)16)12(18)17-6-7-20-11-5-3-4-10(8-11)19-2/h3-5,8H,6-7,9H2,1-2H3,(H,17,18). The molecule has 1 aliphatic carbocycles. The fourth-order valence-corrected chi connectivity index (χ4v) is 2.57. The zero-order valence-electron chi connectivity index (χ0n) is 11.4. The van der Waals surface area contributed by atoms with Gasteiger partial charge in [-0.3, -0.25) is 4.79 Å². The van der Waals surface area contributed by atoms with Gasteiger partial charge in [-0.25, -0.2) is 0 Å². The maximum absolute atomic E-state index is 11.9. The lowest BCUT2D eigenvalue weighted by atomic mass is 10.1. The molecule has 6 heteroatoms. The van der Waals surface area contributed by atoms with Gasteiger partial charge in [0.1, 0.15) is 22.4 Å². The van der Waals surface area contributed by atoms with Crippen molar-refractivity contribution in [2.24, 2.45) is 5.41 Å². The molecule has 1 saturated carbocycles. The van der Waals surface area contributed by atoms with Crippen LogP contribution in [0.5, 0.6) is 11.5 Å². The van der Waals surface area contributed by atoms with E-state index in [0.29, 0.717) is 25.3 Å². The molecule has 110 valence electrons. The summed E-state index contributed by atoms with van der Waals surface area (Å²) in [4.78, 5) is 11.9. The van der Waals surface area contributed by atoms with Gasteiger partial charge in [-0.1, -0.05) is 6.07 Å². The SMILES string of the molecule is COc1cccc(OCCNC(=O)C2(C)CC2(Cl)Cl)c1. The Labute approximate surface area is 128 Å². The van der Waals surface area contributed by atoms with Crippen LogP contribution in [0.25, 0.3) is 0 Å². The van der Waals surface area contributed by atoms with Crippen LogP contribution in [0, 0.1) is 5.41 Å². The molecule has 0 spiro atoms. The van der Waals surface area contributed by atoms with Crippen molar-refractivity contribution in [2.75, 3.05) is 20.3 Å². The highest BCUT2D eigenvalue weighted by Gasteiger charge is 2.67. The molecule has 0 radical (unpaired) electrons. The first kappa shape index (κ1) is 15.3. The largest absolute Gasteiger partial charge is 0.497 e. The van der Waals surface area contributed by atoms with Crippen molar-refractivity contribution in [3.63, 3.8) is 0 Å². The first-order chi connectivity index (χ1) is 9.39. The van der Waals surface area contributed by atoms with Gasteiger partial charge in [0, 0.05) is 6.07 Å². The lowest BCUT2D eigenvalue weighted by Gasteiger charge is -2.13. The second kappa shape index (κ2) is 5.70. The fraction of sp³-hybridized carbons (Fsp3) is 0.500. The summed E-state index contributed by atoms with van der Waals surface area (Å²) in [5.41, 5.74) is -0.688. The number of rotatable bonds is 6. The van der Waals surface area contributed by atoms with Crippen LogP contribution in [0.1, 0.15) is 13.3 Å². The highest BCUT2D eigenvalue weighted by Crippen LogP contribution is 2.63. The quantitative estimate of drug-likeness (QED) is 0.648. The van der Waals surface area contributed by atoms with Crippen molar-refractivity contribution in [2.45, 2.75) is 17.7 Å². The van der Waals surface area contributed by atoms with E-state index >= 15 is 0 Å². The van der Waals surface area contributed by atoms with Gasteiger partial charge >= 0.3 is 0 Å². The van der Waals surface area contributed by atoms with E-state index in [2.05, 4.69) is 5.32 Å². The second-order valence-electron chi connectivity index (χ2n) is 5.00. The Balaban J connectivity index is 1.73. The molecule has 0 aliphatic heterocycles. The Morgan fingerprint density at radius 2 is 2.05 bits per heavy atom. The highest BCUT2D eigenvalue weighted by atomic mass is 35.5. The van der Waals surface area contributed by atoms with Crippen LogP contribution in [0.3, 0.4) is 0 Å². The molecular formula is C14H17Cl2NO3. The van der Waals surface area contributed by atoms with Crippen LogP contribution in [-0.4, -0.2) is 30.5 Å². The number of hydrogen-bond acceptors (Lipinski definition) is 3. The number of alkyl halides is 2. The molecule has 0 saturated heterocycles.